The number of ether oxygens (including phenoxy) is 1. The van der Waals surface area contributed by atoms with Crippen molar-refractivity contribution in [2.24, 2.45) is 0 Å². The summed E-state index contributed by atoms with van der Waals surface area (Å²) < 4.78 is 44.2. The Bertz CT molecular complexity index is 961. The van der Waals surface area contributed by atoms with Crippen molar-refractivity contribution in [3.8, 4) is 6.01 Å². The second-order valence-electron chi connectivity index (χ2n) is 5.32. The van der Waals surface area contributed by atoms with Crippen LogP contribution in [0.5, 0.6) is 6.01 Å². The smallest absolute Gasteiger partial charge is 0.416 e. The third-order valence-corrected chi connectivity index (χ3v) is 3.56. The van der Waals surface area contributed by atoms with Crippen LogP contribution in [-0.4, -0.2) is 32.0 Å². The van der Waals surface area contributed by atoms with Crippen LogP contribution < -0.4 is 5.56 Å². The van der Waals surface area contributed by atoms with Crippen molar-refractivity contribution in [1.29, 1.82) is 0 Å². The Morgan fingerprint density at radius 3 is 2.56 bits per heavy atom. The van der Waals surface area contributed by atoms with Crippen molar-refractivity contribution in [3.05, 3.63) is 51.4 Å². The Kier molecular flexibility index (Phi) is 4.21. The number of nitrogens with zero attached hydrogens (tertiary/aromatic N) is 3. The molecule has 0 aliphatic carbocycles. The van der Waals surface area contributed by atoms with E-state index in [9.17, 15) is 23.1 Å². The lowest BCUT2D eigenvalue weighted by atomic mass is 10.1. The molecule has 25 heavy (non-hydrogen) atoms. The van der Waals surface area contributed by atoms with E-state index in [0.29, 0.717) is 11.3 Å². The molecule has 0 amide bonds. The van der Waals surface area contributed by atoms with Gasteiger partial charge in [0.2, 0.25) is 0 Å². The maximum Gasteiger partial charge on any atom is 0.416 e. The van der Waals surface area contributed by atoms with Crippen molar-refractivity contribution < 1.29 is 23.0 Å². The molecular formula is C15H13F3N4O3. The summed E-state index contributed by atoms with van der Waals surface area (Å²) in [5.74, 6) is 0. The molecule has 7 nitrogen and oxygen atoms in total. The zero-order chi connectivity index (χ0) is 18.2. The third kappa shape index (κ3) is 3.33. The molecule has 0 aliphatic rings. The van der Waals surface area contributed by atoms with Crippen molar-refractivity contribution in [3.63, 3.8) is 0 Å². The molecule has 0 bridgehead atoms. The Balaban J connectivity index is 2.03. The summed E-state index contributed by atoms with van der Waals surface area (Å²) in [4.78, 5) is 18.1. The fraction of sp³-hybridized carbons (Fsp3) is 0.267. The summed E-state index contributed by atoms with van der Waals surface area (Å²) in [5, 5.41) is 13.9. The molecular weight excluding hydrogens is 341 g/mol. The number of rotatable bonds is 4. The van der Waals surface area contributed by atoms with Gasteiger partial charge in [0, 0.05) is 7.11 Å². The van der Waals surface area contributed by atoms with E-state index in [2.05, 4.69) is 15.1 Å². The van der Waals surface area contributed by atoms with Gasteiger partial charge in [0.05, 0.1) is 18.7 Å². The summed E-state index contributed by atoms with van der Waals surface area (Å²) in [7, 11) is 1.43. The van der Waals surface area contributed by atoms with Crippen LogP contribution in [0.1, 0.15) is 16.8 Å². The molecule has 0 saturated heterocycles. The normalized spacial score (nSPS) is 12.0. The molecule has 0 saturated carbocycles. The summed E-state index contributed by atoms with van der Waals surface area (Å²) in [5.41, 5.74) is -0.364. The maximum atomic E-state index is 12.6. The van der Waals surface area contributed by atoms with Gasteiger partial charge in [-0.1, -0.05) is 12.1 Å². The first-order valence-electron chi connectivity index (χ1n) is 7.13. The van der Waals surface area contributed by atoms with Gasteiger partial charge in [-0.25, -0.2) is 4.68 Å². The predicted octanol–water partition coefficient (Wildman–Crippen LogP) is 2.04. The molecule has 3 rings (SSSR count). The average molecular weight is 354 g/mol. The number of aromatic amines is 1. The molecule has 0 atom stereocenters. The number of hydrogen-bond acceptors (Lipinski definition) is 5. The number of halogens is 3. The first-order valence-corrected chi connectivity index (χ1v) is 7.13. The molecule has 0 unspecified atom stereocenters. The van der Waals surface area contributed by atoms with E-state index in [1.54, 1.807) is 0 Å². The highest BCUT2D eigenvalue weighted by molar-refractivity contribution is 5.77. The maximum absolute atomic E-state index is 12.6. The topological polar surface area (TPSA) is 93.0 Å². The Labute approximate surface area is 138 Å². The number of hydrogen-bond donors (Lipinski definition) is 2. The minimum Gasteiger partial charge on any atom is -0.480 e. The third-order valence-electron chi connectivity index (χ3n) is 3.56. The molecule has 10 heteroatoms. The van der Waals surface area contributed by atoms with E-state index in [-0.39, 0.29) is 24.2 Å². The fourth-order valence-corrected chi connectivity index (χ4v) is 2.46. The summed E-state index contributed by atoms with van der Waals surface area (Å²) in [6.45, 7) is 0.125. The Morgan fingerprint density at radius 1 is 1.28 bits per heavy atom. The van der Waals surface area contributed by atoms with Gasteiger partial charge in [0.25, 0.3) is 11.6 Å². The van der Waals surface area contributed by atoms with Crippen LogP contribution in [0.25, 0.3) is 11.0 Å². The second-order valence-corrected chi connectivity index (χ2v) is 5.32. The number of alkyl halides is 3. The summed E-state index contributed by atoms with van der Waals surface area (Å²) in [6, 6.07) is 4.00. The Hall–Kier alpha value is -2.88. The van der Waals surface area contributed by atoms with Gasteiger partial charge >= 0.3 is 6.18 Å². The first-order chi connectivity index (χ1) is 11.8. The molecule has 0 radical (unpaired) electrons. The molecule has 0 aliphatic heterocycles. The van der Waals surface area contributed by atoms with Crippen LogP contribution in [0.15, 0.2) is 29.1 Å². The van der Waals surface area contributed by atoms with Crippen LogP contribution in [0.2, 0.25) is 0 Å². The number of fused-ring (bicyclic) bond motifs is 1. The molecule has 0 fully saturated rings. The Morgan fingerprint density at radius 2 is 1.96 bits per heavy atom. The van der Waals surface area contributed by atoms with E-state index in [1.807, 2.05) is 0 Å². The van der Waals surface area contributed by atoms with Gasteiger partial charge in [0.1, 0.15) is 11.1 Å². The predicted molar refractivity (Wildman–Crippen MR) is 81.1 cm³/mol. The largest absolute Gasteiger partial charge is 0.480 e. The van der Waals surface area contributed by atoms with Crippen LogP contribution in [0, 0.1) is 0 Å². The molecule has 0 spiro atoms. The van der Waals surface area contributed by atoms with E-state index >= 15 is 0 Å². The molecule has 2 heterocycles. The van der Waals surface area contributed by atoms with Gasteiger partial charge in [-0.2, -0.15) is 23.3 Å². The van der Waals surface area contributed by atoms with Crippen LogP contribution in [-0.2, 0) is 24.1 Å². The second kappa shape index (κ2) is 6.20. The van der Waals surface area contributed by atoms with Crippen molar-refractivity contribution >= 4 is 11.0 Å². The van der Waals surface area contributed by atoms with Gasteiger partial charge in [-0.15, -0.1) is 0 Å². The first kappa shape index (κ1) is 17.0. The van der Waals surface area contributed by atoms with Crippen LogP contribution in [0.4, 0.5) is 13.2 Å². The molecule has 132 valence electrons. The minimum atomic E-state index is -4.41. The minimum absolute atomic E-state index is 0.0477. The standard InChI is InChI=1S/C15H13F3N4O3/c1-25-7-10-11-12(19-14(24)20-13(11)23)22(21-10)6-8-2-4-9(5-3-8)15(16,17)18/h2-5H,6-7H2,1H3,(H2,19,20,23,24). The van der Waals surface area contributed by atoms with Gasteiger partial charge in [-0.05, 0) is 17.7 Å². The van der Waals surface area contributed by atoms with E-state index in [0.717, 1.165) is 12.1 Å². The van der Waals surface area contributed by atoms with Crippen molar-refractivity contribution in [2.75, 3.05) is 7.11 Å². The molecule has 2 aromatic heterocycles. The highest BCUT2D eigenvalue weighted by Crippen LogP contribution is 2.29. The monoisotopic (exact) mass is 354 g/mol. The van der Waals surface area contributed by atoms with Crippen molar-refractivity contribution in [1.82, 2.24) is 19.7 Å². The zero-order valence-electron chi connectivity index (χ0n) is 13.0. The molecule has 3 aromatic rings. The summed E-state index contributed by atoms with van der Waals surface area (Å²) >= 11 is 0. The van der Waals surface area contributed by atoms with E-state index in [4.69, 9.17) is 4.74 Å². The van der Waals surface area contributed by atoms with E-state index in [1.165, 1.54) is 23.9 Å². The summed E-state index contributed by atoms with van der Waals surface area (Å²) in [6.07, 6.45) is -4.41. The zero-order valence-corrected chi connectivity index (χ0v) is 13.0. The lowest BCUT2D eigenvalue weighted by Gasteiger charge is -2.08. The number of nitrogens with one attached hydrogen (secondary N) is 1. The van der Waals surface area contributed by atoms with Crippen LogP contribution in [0.3, 0.4) is 0 Å². The van der Waals surface area contributed by atoms with E-state index < -0.39 is 23.3 Å². The lowest BCUT2D eigenvalue weighted by Crippen LogP contribution is -2.09. The number of aromatic nitrogens is 4. The quantitative estimate of drug-likeness (QED) is 0.748. The highest BCUT2D eigenvalue weighted by atomic mass is 19.4. The van der Waals surface area contributed by atoms with Crippen LogP contribution >= 0.6 is 0 Å². The van der Waals surface area contributed by atoms with Crippen molar-refractivity contribution in [2.45, 2.75) is 19.3 Å². The average Bonchev–Trinajstić information content (AvgIpc) is 2.85. The molecule has 1 aromatic carbocycles. The number of methoxy groups -OCH3 is 1. The van der Waals surface area contributed by atoms with Gasteiger partial charge in [-0.3, -0.25) is 9.78 Å². The lowest BCUT2D eigenvalue weighted by molar-refractivity contribution is -0.137. The SMILES string of the molecule is COCc1nn(Cc2ccc(C(F)(F)F)cc2)c2nc(O)[nH]c(=O)c12. The molecule has 2 N–H and O–H groups in total. The van der Waals surface area contributed by atoms with Gasteiger partial charge in [0.15, 0.2) is 5.65 Å². The highest BCUT2D eigenvalue weighted by Gasteiger charge is 2.30. The fourth-order valence-electron chi connectivity index (χ4n) is 2.46. The number of aromatic hydroxyl groups is 1. The van der Waals surface area contributed by atoms with Gasteiger partial charge < -0.3 is 9.84 Å². The number of benzene rings is 1. The number of H-pyrrole nitrogens is 1.